The summed E-state index contributed by atoms with van der Waals surface area (Å²) in [6.07, 6.45) is -3.36. The Bertz CT molecular complexity index is 1060. The van der Waals surface area contributed by atoms with Gasteiger partial charge < -0.3 is 10.1 Å². The molecule has 0 bridgehead atoms. The second kappa shape index (κ2) is 8.83. The summed E-state index contributed by atoms with van der Waals surface area (Å²) in [7, 11) is 0. The maximum absolute atomic E-state index is 12.7. The lowest BCUT2D eigenvalue weighted by molar-refractivity contribution is -0.137. The van der Waals surface area contributed by atoms with Crippen molar-refractivity contribution >= 4 is 29.2 Å². The highest BCUT2D eigenvalue weighted by Crippen LogP contribution is 2.30. The van der Waals surface area contributed by atoms with E-state index in [1.54, 1.807) is 24.3 Å². The van der Waals surface area contributed by atoms with Crippen LogP contribution in [0.5, 0.6) is 11.6 Å². The normalized spacial score (nSPS) is 10.9. The highest BCUT2D eigenvalue weighted by molar-refractivity contribution is 6.30. The monoisotopic (exact) mass is 435 g/mol. The molecule has 0 atom stereocenters. The molecule has 10 heteroatoms. The average molecular weight is 436 g/mol. The molecule has 0 aliphatic heterocycles. The van der Waals surface area contributed by atoms with Gasteiger partial charge in [0.15, 0.2) is 0 Å². The second-order valence-corrected chi connectivity index (χ2v) is 6.36. The first-order chi connectivity index (χ1) is 14.2. The maximum Gasteiger partial charge on any atom is 0.416 e. The molecule has 0 fully saturated rings. The van der Waals surface area contributed by atoms with Crippen LogP contribution >= 0.6 is 11.6 Å². The fourth-order valence-electron chi connectivity index (χ4n) is 2.31. The van der Waals surface area contributed by atoms with Gasteiger partial charge in [-0.3, -0.25) is 10.1 Å². The number of carbonyl (C=O) groups excluding carboxylic acids is 2. The number of halogens is 4. The minimum Gasteiger partial charge on any atom is -0.439 e. The van der Waals surface area contributed by atoms with E-state index < -0.39 is 23.7 Å². The number of anilines is 1. The van der Waals surface area contributed by atoms with Gasteiger partial charge in [0.05, 0.1) is 11.1 Å². The number of alkyl halides is 3. The van der Waals surface area contributed by atoms with Crippen LogP contribution in [0, 0.1) is 0 Å². The summed E-state index contributed by atoms with van der Waals surface area (Å²) in [6, 6.07) is 12.4. The first kappa shape index (κ1) is 21.1. The average Bonchev–Trinajstić information content (AvgIpc) is 2.70. The first-order valence-electron chi connectivity index (χ1n) is 8.40. The summed E-state index contributed by atoms with van der Waals surface area (Å²) >= 11 is 5.79. The quantitative estimate of drug-likeness (QED) is 0.566. The van der Waals surface area contributed by atoms with E-state index in [-0.39, 0.29) is 17.1 Å². The molecule has 3 rings (SSSR count). The van der Waals surface area contributed by atoms with Crippen molar-refractivity contribution in [2.75, 3.05) is 5.32 Å². The van der Waals surface area contributed by atoms with Crippen LogP contribution < -0.4 is 15.4 Å². The Hall–Kier alpha value is -3.59. The molecule has 154 valence electrons. The van der Waals surface area contributed by atoms with Crippen molar-refractivity contribution < 1.29 is 27.5 Å². The molecule has 0 unspecified atom stereocenters. The molecule has 3 aromatic rings. The molecule has 0 aliphatic carbocycles. The molecule has 2 aromatic carbocycles. The van der Waals surface area contributed by atoms with Crippen LogP contribution in [0.3, 0.4) is 0 Å². The zero-order valence-electron chi connectivity index (χ0n) is 15.0. The Labute approximate surface area is 173 Å². The molecular formula is C20H13ClF3N3O3. The summed E-state index contributed by atoms with van der Waals surface area (Å²) in [6.45, 7) is 0. The topological polar surface area (TPSA) is 80.3 Å². The van der Waals surface area contributed by atoms with Crippen LogP contribution in [-0.4, -0.2) is 16.9 Å². The van der Waals surface area contributed by atoms with Crippen molar-refractivity contribution in [3.05, 3.63) is 83.0 Å². The molecule has 0 aliphatic rings. The third kappa shape index (κ3) is 5.71. The van der Waals surface area contributed by atoms with E-state index >= 15 is 0 Å². The van der Waals surface area contributed by atoms with Gasteiger partial charge in [0.2, 0.25) is 5.88 Å². The van der Waals surface area contributed by atoms with Crippen LogP contribution in [0.4, 0.5) is 23.7 Å². The third-order valence-electron chi connectivity index (χ3n) is 3.71. The number of aromatic nitrogens is 1. The largest absolute Gasteiger partial charge is 0.439 e. The number of amides is 3. The lowest BCUT2D eigenvalue weighted by atomic mass is 10.2. The minimum atomic E-state index is -4.55. The van der Waals surface area contributed by atoms with Crippen molar-refractivity contribution in [2.45, 2.75) is 6.18 Å². The Morgan fingerprint density at radius 2 is 1.73 bits per heavy atom. The number of benzene rings is 2. The zero-order valence-corrected chi connectivity index (χ0v) is 15.8. The Balaban J connectivity index is 1.59. The summed E-state index contributed by atoms with van der Waals surface area (Å²) in [5, 5.41) is 4.74. The van der Waals surface area contributed by atoms with Gasteiger partial charge in [0, 0.05) is 23.0 Å². The molecule has 1 aromatic heterocycles. The summed E-state index contributed by atoms with van der Waals surface area (Å²) < 4.78 is 43.7. The Kier molecular flexibility index (Phi) is 6.22. The van der Waals surface area contributed by atoms with Crippen LogP contribution in [0.2, 0.25) is 5.02 Å². The van der Waals surface area contributed by atoms with Crippen LogP contribution in [0.15, 0.2) is 66.9 Å². The summed E-state index contributed by atoms with van der Waals surface area (Å²) in [4.78, 5) is 28.0. The van der Waals surface area contributed by atoms with Gasteiger partial charge in [0.25, 0.3) is 5.91 Å². The SMILES string of the molecule is O=C(NC(=O)c1ccc(Oc2ccc(Cl)cc2)nc1)Nc1cccc(C(F)(F)F)c1. The van der Waals surface area contributed by atoms with Gasteiger partial charge in [-0.05, 0) is 48.5 Å². The van der Waals surface area contributed by atoms with E-state index in [9.17, 15) is 22.8 Å². The van der Waals surface area contributed by atoms with Gasteiger partial charge in [-0.15, -0.1) is 0 Å². The zero-order chi connectivity index (χ0) is 21.7. The molecular weight excluding hydrogens is 423 g/mol. The summed E-state index contributed by atoms with van der Waals surface area (Å²) in [5.74, 6) is -0.0862. The van der Waals surface area contributed by atoms with Crippen LogP contribution in [0.25, 0.3) is 0 Å². The summed E-state index contributed by atoms with van der Waals surface area (Å²) in [5.41, 5.74) is -0.982. The highest BCUT2D eigenvalue weighted by atomic mass is 35.5. The number of rotatable bonds is 4. The molecule has 0 radical (unpaired) electrons. The number of urea groups is 1. The van der Waals surface area contributed by atoms with E-state index in [1.807, 2.05) is 5.32 Å². The third-order valence-corrected chi connectivity index (χ3v) is 3.96. The molecule has 3 amide bonds. The predicted molar refractivity (Wildman–Crippen MR) is 104 cm³/mol. The fourth-order valence-corrected chi connectivity index (χ4v) is 2.44. The second-order valence-electron chi connectivity index (χ2n) is 5.93. The lowest BCUT2D eigenvalue weighted by Gasteiger charge is -2.10. The van der Waals surface area contributed by atoms with E-state index in [1.165, 1.54) is 24.4 Å². The van der Waals surface area contributed by atoms with Gasteiger partial charge >= 0.3 is 12.2 Å². The predicted octanol–water partition coefficient (Wildman–Crippen LogP) is 5.51. The van der Waals surface area contributed by atoms with Gasteiger partial charge in [-0.1, -0.05) is 17.7 Å². The maximum atomic E-state index is 12.7. The number of carbonyl (C=O) groups is 2. The first-order valence-corrected chi connectivity index (χ1v) is 8.77. The molecule has 1 heterocycles. The van der Waals surface area contributed by atoms with Crippen LogP contribution in [-0.2, 0) is 6.18 Å². The molecule has 0 saturated heterocycles. The number of hydrogen-bond donors (Lipinski definition) is 2. The molecule has 6 nitrogen and oxygen atoms in total. The van der Waals surface area contributed by atoms with E-state index in [0.29, 0.717) is 10.8 Å². The lowest BCUT2D eigenvalue weighted by Crippen LogP contribution is -2.34. The number of imide groups is 1. The number of hydrogen-bond acceptors (Lipinski definition) is 4. The number of ether oxygens (including phenoxy) is 1. The standard InChI is InChI=1S/C20H13ClF3N3O3/c21-14-5-7-16(8-6-14)30-17-9-4-12(11-25-17)18(28)27-19(29)26-15-3-1-2-13(10-15)20(22,23)24/h1-11H,(H2,26,27,28,29). The minimum absolute atomic E-state index is 0.0534. The van der Waals surface area contributed by atoms with E-state index in [4.69, 9.17) is 16.3 Å². The highest BCUT2D eigenvalue weighted by Gasteiger charge is 2.30. The number of nitrogens with zero attached hydrogens (tertiary/aromatic N) is 1. The Morgan fingerprint density at radius 3 is 2.37 bits per heavy atom. The Morgan fingerprint density at radius 1 is 1.00 bits per heavy atom. The number of pyridine rings is 1. The van der Waals surface area contributed by atoms with Crippen molar-refractivity contribution in [3.8, 4) is 11.6 Å². The van der Waals surface area contributed by atoms with Crippen molar-refractivity contribution in [1.82, 2.24) is 10.3 Å². The molecule has 0 saturated carbocycles. The van der Waals surface area contributed by atoms with Crippen LogP contribution in [0.1, 0.15) is 15.9 Å². The number of nitrogens with one attached hydrogen (secondary N) is 2. The smallest absolute Gasteiger partial charge is 0.416 e. The molecule has 2 N–H and O–H groups in total. The van der Waals surface area contributed by atoms with Gasteiger partial charge in [0.1, 0.15) is 5.75 Å². The molecule has 0 spiro atoms. The van der Waals surface area contributed by atoms with Crippen molar-refractivity contribution in [1.29, 1.82) is 0 Å². The van der Waals surface area contributed by atoms with E-state index in [0.717, 1.165) is 18.2 Å². The van der Waals surface area contributed by atoms with Crippen molar-refractivity contribution in [3.63, 3.8) is 0 Å². The van der Waals surface area contributed by atoms with Crippen molar-refractivity contribution in [2.24, 2.45) is 0 Å². The fraction of sp³-hybridized carbons (Fsp3) is 0.0500. The van der Waals surface area contributed by atoms with Gasteiger partial charge in [-0.2, -0.15) is 13.2 Å². The van der Waals surface area contributed by atoms with Gasteiger partial charge in [-0.25, -0.2) is 9.78 Å². The van der Waals surface area contributed by atoms with E-state index in [2.05, 4.69) is 10.3 Å². The molecule has 30 heavy (non-hydrogen) atoms.